The Morgan fingerprint density at radius 1 is 0.756 bits per heavy atom. The molecule has 3 aromatic carbocycles. The van der Waals surface area contributed by atoms with E-state index in [2.05, 4.69) is 106 Å². The van der Waals surface area contributed by atoms with E-state index in [1.807, 2.05) is 55.0 Å². The Morgan fingerprint density at radius 3 is 2.31 bits per heavy atom. The van der Waals surface area contributed by atoms with Crippen LogP contribution in [-0.2, 0) is 31.9 Å². The van der Waals surface area contributed by atoms with Gasteiger partial charge in [0.25, 0.3) is 0 Å². The van der Waals surface area contributed by atoms with Gasteiger partial charge in [-0.2, -0.15) is 0 Å². The number of benzene rings is 3. The Morgan fingerprint density at radius 2 is 1.60 bits per heavy atom. The molecule has 0 aliphatic carbocycles. The summed E-state index contributed by atoms with van der Waals surface area (Å²) in [4.78, 5) is 14.0. The van der Waals surface area contributed by atoms with Gasteiger partial charge in [-0.1, -0.05) is 71.2 Å². The number of nitrogens with zero attached hydrogens (tertiary/aromatic N) is 4. The van der Waals surface area contributed by atoms with Crippen LogP contribution in [0.15, 0.2) is 97.5 Å². The van der Waals surface area contributed by atoms with Crippen molar-refractivity contribution in [2.75, 3.05) is 0 Å². The Balaban J connectivity index is 0.000000181. The number of hydrogen-bond donors (Lipinski definition) is 0. The van der Waals surface area contributed by atoms with Crippen LogP contribution in [0.2, 0.25) is 0 Å². The SMILES string of the molecule is CC(C)(C)Cc1cc2ccnc3c4[c-]ccc5c6cccnc6n(c(c1)c23)c45.CC(C)(C)c1ccc(-c2[c-]cccc2)nc1.[Ir]. The van der Waals surface area contributed by atoms with Crippen LogP contribution in [0, 0.1) is 17.5 Å². The standard InChI is InChI=1S/C25H20N3.C15H16N.Ir/c1-25(2,3)14-15-12-16-9-11-26-22-19-7-4-6-17-18-8-5-10-27-24(18)28(23(17)19)20(13-15)21(16)22;1-15(2,3)13-9-10-14(16-11-13)12-7-5-4-6-8-12;/h4-6,8-13H,14H2,1-3H3;4-7,9-11H,1-3H3;/q2*-1;. The summed E-state index contributed by atoms with van der Waals surface area (Å²) in [6, 6.07) is 33.8. The molecule has 0 bridgehead atoms. The molecule has 0 aliphatic heterocycles. The Kier molecular flexibility index (Phi) is 7.97. The minimum atomic E-state index is 0. The second-order valence-corrected chi connectivity index (χ2v) is 13.9. The molecule has 8 rings (SSSR count). The molecule has 5 heteroatoms. The third-order valence-corrected chi connectivity index (χ3v) is 8.21. The zero-order valence-electron chi connectivity index (χ0n) is 26.6. The normalized spacial score (nSPS) is 12.1. The first-order chi connectivity index (χ1) is 21.1. The van der Waals surface area contributed by atoms with Gasteiger partial charge in [-0.15, -0.1) is 59.5 Å². The maximum atomic E-state index is 4.77. The Labute approximate surface area is 278 Å². The molecule has 0 N–H and O–H groups in total. The van der Waals surface area contributed by atoms with Crippen molar-refractivity contribution in [3.8, 4) is 11.3 Å². The largest absolute Gasteiger partial charge is 0.336 e. The van der Waals surface area contributed by atoms with Gasteiger partial charge >= 0.3 is 0 Å². The van der Waals surface area contributed by atoms with E-state index in [0.29, 0.717) is 0 Å². The fourth-order valence-corrected chi connectivity index (χ4v) is 6.23. The van der Waals surface area contributed by atoms with Crippen molar-refractivity contribution in [3.05, 3.63) is 121 Å². The molecule has 45 heavy (non-hydrogen) atoms. The fourth-order valence-electron chi connectivity index (χ4n) is 6.23. The zero-order valence-corrected chi connectivity index (χ0v) is 29.0. The zero-order chi connectivity index (χ0) is 30.6. The summed E-state index contributed by atoms with van der Waals surface area (Å²) in [7, 11) is 0. The molecular weight excluding hydrogens is 729 g/mol. The van der Waals surface area contributed by atoms with Crippen molar-refractivity contribution in [1.29, 1.82) is 0 Å². The van der Waals surface area contributed by atoms with Crippen LogP contribution in [-0.4, -0.2) is 19.4 Å². The van der Waals surface area contributed by atoms with E-state index < -0.39 is 0 Å². The van der Waals surface area contributed by atoms with Gasteiger partial charge in [0.05, 0.1) is 0 Å². The smallest absolute Gasteiger partial charge is 0.135 e. The minimum Gasteiger partial charge on any atom is -0.336 e. The summed E-state index contributed by atoms with van der Waals surface area (Å²) >= 11 is 0. The van der Waals surface area contributed by atoms with Crippen LogP contribution in [0.1, 0.15) is 52.7 Å². The van der Waals surface area contributed by atoms with Gasteiger partial charge < -0.3 is 14.4 Å². The second-order valence-electron chi connectivity index (χ2n) is 13.9. The Bertz CT molecular complexity index is 2250. The number of pyridine rings is 4. The summed E-state index contributed by atoms with van der Waals surface area (Å²) in [5.74, 6) is 0. The number of rotatable bonds is 2. The van der Waals surface area contributed by atoms with Crippen molar-refractivity contribution in [3.63, 3.8) is 0 Å². The molecule has 0 saturated heterocycles. The van der Waals surface area contributed by atoms with Gasteiger partial charge in [0.2, 0.25) is 0 Å². The number of aromatic nitrogens is 4. The quantitative estimate of drug-likeness (QED) is 0.100. The summed E-state index contributed by atoms with van der Waals surface area (Å²) in [5.41, 5.74) is 9.39. The van der Waals surface area contributed by atoms with Gasteiger partial charge in [0.1, 0.15) is 5.65 Å². The second kappa shape index (κ2) is 11.6. The summed E-state index contributed by atoms with van der Waals surface area (Å²) in [6.45, 7) is 13.4. The number of fused-ring (bicyclic) bond motifs is 5. The third kappa shape index (κ3) is 5.72. The van der Waals surface area contributed by atoms with Gasteiger partial charge in [0, 0.05) is 49.6 Å². The fraction of sp³-hybridized carbons (Fsp3) is 0.225. The van der Waals surface area contributed by atoms with E-state index in [0.717, 1.165) is 39.7 Å². The van der Waals surface area contributed by atoms with Gasteiger partial charge in [0.15, 0.2) is 0 Å². The van der Waals surface area contributed by atoms with E-state index in [4.69, 9.17) is 9.97 Å². The summed E-state index contributed by atoms with van der Waals surface area (Å²) in [6.07, 6.45) is 6.78. The molecule has 0 unspecified atom stereocenters. The first-order valence-electron chi connectivity index (χ1n) is 15.2. The molecule has 0 fully saturated rings. The molecule has 0 amide bonds. The molecule has 1 radical (unpaired) electrons. The van der Waals surface area contributed by atoms with Crippen molar-refractivity contribution >= 4 is 49.1 Å². The van der Waals surface area contributed by atoms with Crippen LogP contribution in [0.5, 0.6) is 0 Å². The molecule has 5 heterocycles. The molecule has 0 spiro atoms. The average molecular weight is 765 g/mol. The van der Waals surface area contributed by atoms with E-state index in [-0.39, 0.29) is 30.9 Å². The van der Waals surface area contributed by atoms with Gasteiger partial charge in [-0.25, -0.2) is 4.98 Å². The topological polar surface area (TPSA) is 43.1 Å². The molecule has 0 saturated carbocycles. The summed E-state index contributed by atoms with van der Waals surface area (Å²) < 4.78 is 2.32. The molecule has 0 aliphatic rings. The first kappa shape index (κ1) is 30.8. The molecule has 5 aromatic heterocycles. The third-order valence-electron chi connectivity index (χ3n) is 8.21. The maximum absolute atomic E-state index is 4.77. The van der Waals surface area contributed by atoms with E-state index >= 15 is 0 Å². The van der Waals surface area contributed by atoms with Crippen LogP contribution in [0.25, 0.3) is 60.4 Å². The molecule has 227 valence electrons. The molecule has 0 atom stereocenters. The van der Waals surface area contributed by atoms with Crippen molar-refractivity contribution in [1.82, 2.24) is 19.4 Å². The average Bonchev–Trinajstić information content (AvgIpc) is 3.35. The van der Waals surface area contributed by atoms with Gasteiger partial charge in [-0.3, -0.25) is 0 Å². The van der Waals surface area contributed by atoms with E-state index in [1.165, 1.54) is 38.2 Å². The van der Waals surface area contributed by atoms with Crippen molar-refractivity contribution < 1.29 is 20.1 Å². The maximum Gasteiger partial charge on any atom is 0.135 e. The molecule has 4 nitrogen and oxygen atoms in total. The summed E-state index contributed by atoms with van der Waals surface area (Å²) in [5, 5.41) is 5.88. The minimum absolute atomic E-state index is 0. The van der Waals surface area contributed by atoms with Crippen LogP contribution in [0.4, 0.5) is 0 Å². The van der Waals surface area contributed by atoms with Gasteiger partial charge in [-0.05, 0) is 74.1 Å². The first-order valence-corrected chi connectivity index (χ1v) is 15.2. The monoisotopic (exact) mass is 765 g/mol. The molecule has 8 aromatic rings. The molecular formula is C40H36IrN4-2. The number of hydrogen-bond acceptors (Lipinski definition) is 3. The van der Waals surface area contributed by atoms with E-state index in [1.54, 1.807) is 0 Å². The predicted octanol–water partition coefficient (Wildman–Crippen LogP) is 10.0. The predicted molar refractivity (Wildman–Crippen MR) is 183 cm³/mol. The van der Waals surface area contributed by atoms with Crippen molar-refractivity contribution in [2.45, 2.75) is 53.4 Å². The van der Waals surface area contributed by atoms with Crippen molar-refractivity contribution in [2.24, 2.45) is 5.41 Å². The van der Waals surface area contributed by atoms with Crippen LogP contribution in [0.3, 0.4) is 0 Å². The van der Waals surface area contributed by atoms with Crippen LogP contribution >= 0.6 is 0 Å². The van der Waals surface area contributed by atoms with Crippen LogP contribution < -0.4 is 0 Å². The Hall–Kier alpha value is -4.18. The van der Waals surface area contributed by atoms with E-state index in [9.17, 15) is 0 Å².